The maximum absolute atomic E-state index is 14.3. The van der Waals surface area contributed by atoms with E-state index in [0.717, 1.165) is 38.5 Å². The van der Waals surface area contributed by atoms with Crippen molar-refractivity contribution in [3.8, 4) is 5.69 Å². The predicted molar refractivity (Wildman–Crippen MR) is 116 cm³/mol. The van der Waals surface area contributed by atoms with Gasteiger partial charge in [0.15, 0.2) is 11.6 Å². The Kier molecular flexibility index (Phi) is 6.76. The lowest BCUT2D eigenvalue weighted by Crippen LogP contribution is -2.45. The minimum absolute atomic E-state index is 0.0845. The van der Waals surface area contributed by atoms with E-state index in [4.69, 9.17) is 4.52 Å². The van der Waals surface area contributed by atoms with Crippen LogP contribution in [0.5, 0.6) is 0 Å². The van der Waals surface area contributed by atoms with Crippen LogP contribution in [0, 0.1) is 5.82 Å². The molecule has 1 aromatic carbocycles. The third kappa shape index (κ3) is 5.41. The molecule has 0 spiro atoms. The number of hydrogen-bond donors (Lipinski definition) is 2. The van der Waals surface area contributed by atoms with Crippen LogP contribution in [0.25, 0.3) is 5.69 Å². The summed E-state index contributed by atoms with van der Waals surface area (Å²) in [5.74, 6) is -0.201. The molecule has 4 rings (SSSR count). The van der Waals surface area contributed by atoms with Gasteiger partial charge in [0.25, 0.3) is 0 Å². The fourth-order valence-electron chi connectivity index (χ4n) is 4.17. The molecule has 1 saturated carbocycles. The van der Waals surface area contributed by atoms with Crippen molar-refractivity contribution in [3.63, 3.8) is 0 Å². The Morgan fingerprint density at radius 1 is 1.21 bits per heavy atom. The molecule has 2 N–H and O–H groups in total. The lowest BCUT2D eigenvalue weighted by atomic mass is 9.89. The van der Waals surface area contributed by atoms with E-state index in [9.17, 15) is 14.0 Å². The lowest BCUT2D eigenvalue weighted by Gasteiger charge is -2.30. The van der Waals surface area contributed by atoms with Gasteiger partial charge in [-0.05, 0) is 31.0 Å². The molecule has 1 aliphatic carbocycles. The van der Waals surface area contributed by atoms with Gasteiger partial charge in [0.05, 0.1) is 0 Å². The van der Waals surface area contributed by atoms with E-state index in [2.05, 4.69) is 30.9 Å². The van der Waals surface area contributed by atoms with E-state index in [1.54, 1.807) is 6.07 Å². The molecule has 0 aliphatic heterocycles. The van der Waals surface area contributed by atoms with Gasteiger partial charge >= 0.3 is 0 Å². The van der Waals surface area contributed by atoms with Gasteiger partial charge in [0, 0.05) is 25.5 Å². The molecule has 10 nitrogen and oxygen atoms in total. The van der Waals surface area contributed by atoms with Gasteiger partial charge in [0.2, 0.25) is 17.7 Å². The highest BCUT2D eigenvalue weighted by molar-refractivity contribution is 5.90. The summed E-state index contributed by atoms with van der Waals surface area (Å²) in [6.45, 7) is 1.49. The number of aromatic nitrogens is 5. The van der Waals surface area contributed by atoms with Gasteiger partial charge < -0.3 is 15.2 Å². The normalized spacial score (nSPS) is 15.6. The van der Waals surface area contributed by atoms with Crippen LogP contribution in [-0.2, 0) is 21.5 Å². The average Bonchev–Trinajstić information content (AvgIpc) is 3.42. The Balaban J connectivity index is 1.37. The van der Waals surface area contributed by atoms with Crippen molar-refractivity contribution >= 4 is 17.5 Å². The monoisotopic (exact) mass is 455 g/mol. The zero-order valence-electron chi connectivity index (χ0n) is 18.4. The fraction of sp³-hybridized carbons (Fsp3) is 0.455. The topological polar surface area (TPSA) is 128 Å². The van der Waals surface area contributed by atoms with E-state index < -0.39 is 11.4 Å². The second-order valence-corrected chi connectivity index (χ2v) is 8.24. The highest BCUT2D eigenvalue weighted by atomic mass is 19.1. The minimum atomic E-state index is -0.629. The number of nitrogens with zero attached hydrogens (tertiary/aromatic N) is 5. The largest absolute Gasteiger partial charge is 0.343 e. The molecular weight excluding hydrogens is 429 g/mol. The number of hydrogen-bond acceptors (Lipinski definition) is 7. The van der Waals surface area contributed by atoms with E-state index in [-0.39, 0.29) is 30.3 Å². The van der Waals surface area contributed by atoms with Crippen molar-refractivity contribution in [1.29, 1.82) is 0 Å². The van der Waals surface area contributed by atoms with Crippen LogP contribution in [-0.4, -0.2) is 36.7 Å². The molecule has 3 aromatic rings. The lowest BCUT2D eigenvalue weighted by molar-refractivity contribution is -0.121. The third-order valence-electron chi connectivity index (χ3n) is 5.73. The van der Waals surface area contributed by atoms with E-state index in [0.29, 0.717) is 17.4 Å². The average molecular weight is 455 g/mol. The molecule has 174 valence electrons. The molecule has 1 fully saturated rings. The highest BCUT2D eigenvalue weighted by Crippen LogP contribution is 2.34. The predicted octanol–water partition coefficient (Wildman–Crippen LogP) is 3.05. The molecule has 1 aliphatic rings. The number of anilines is 1. The molecule has 11 heteroatoms. The Bertz CT molecular complexity index is 1110. The molecule has 0 radical (unpaired) electrons. The highest BCUT2D eigenvalue weighted by Gasteiger charge is 2.38. The molecule has 0 saturated heterocycles. The standard InChI is InChI=1S/C22H26FN7O3/c1-15(31)28-22(10-4-2-3-5-11-22)21-27-20(33-29-21)9-8-19(32)26-16-6-7-18(17(23)12-16)30-14-24-13-25-30/h6-7,12-14H,2-5,8-11H2,1H3,(H,26,32)(H,28,31). The van der Waals surface area contributed by atoms with Crippen LogP contribution in [0.2, 0.25) is 0 Å². The van der Waals surface area contributed by atoms with Crippen LogP contribution in [0.4, 0.5) is 10.1 Å². The first-order valence-corrected chi connectivity index (χ1v) is 11.0. The quantitative estimate of drug-likeness (QED) is 0.524. The summed E-state index contributed by atoms with van der Waals surface area (Å²) < 4.78 is 21.0. The van der Waals surface area contributed by atoms with Gasteiger partial charge in [-0.1, -0.05) is 30.8 Å². The first-order chi connectivity index (χ1) is 15.9. The zero-order valence-corrected chi connectivity index (χ0v) is 18.4. The van der Waals surface area contributed by atoms with Gasteiger partial charge in [-0.15, -0.1) is 0 Å². The van der Waals surface area contributed by atoms with Crippen molar-refractivity contribution in [1.82, 2.24) is 30.2 Å². The molecule has 0 bridgehead atoms. The molecular formula is C22H26FN7O3. The first-order valence-electron chi connectivity index (χ1n) is 11.0. The van der Waals surface area contributed by atoms with E-state index >= 15 is 0 Å². The van der Waals surface area contributed by atoms with E-state index in [1.807, 2.05) is 0 Å². The number of carbonyl (C=O) groups excluding carboxylic acids is 2. The molecule has 2 heterocycles. The van der Waals surface area contributed by atoms with Crippen LogP contribution < -0.4 is 10.6 Å². The molecule has 2 amide bonds. The summed E-state index contributed by atoms with van der Waals surface area (Å²) in [6.07, 6.45) is 8.67. The summed E-state index contributed by atoms with van der Waals surface area (Å²) in [7, 11) is 0. The van der Waals surface area contributed by atoms with Crippen molar-refractivity contribution in [2.75, 3.05) is 5.32 Å². The van der Waals surface area contributed by atoms with Crippen molar-refractivity contribution in [2.45, 2.75) is 63.8 Å². The number of rotatable bonds is 7. The summed E-state index contributed by atoms with van der Waals surface area (Å²) in [5.41, 5.74) is -0.0680. The van der Waals surface area contributed by atoms with Crippen LogP contribution >= 0.6 is 0 Å². The first kappa shape index (κ1) is 22.6. The Morgan fingerprint density at radius 3 is 2.67 bits per heavy atom. The van der Waals surface area contributed by atoms with E-state index in [1.165, 1.54) is 36.4 Å². The third-order valence-corrected chi connectivity index (χ3v) is 5.73. The fourth-order valence-corrected chi connectivity index (χ4v) is 4.17. The second kappa shape index (κ2) is 9.88. The molecule has 2 aromatic heterocycles. The Labute approximate surface area is 190 Å². The second-order valence-electron chi connectivity index (χ2n) is 8.24. The smallest absolute Gasteiger partial charge is 0.227 e. The summed E-state index contributed by atoms with van der Waals surface area (Å²) in [6, 6.07) is 4.33. The van der Waals surface area contributed by atoms with Crippen molar-refractivity contribution in [3.05, 3.63) is 48.4 Å². The Morgan fingerprint density at radius 2 is 2.00 bits per heavy atom. The van der Waals surface area contributed by atoms with Gasteiger partial charge in [0.1, 0.15) is 23.9 Å². The number of aryl methyl sites for hydroxylation is 1. The van der Waals surface area contributed by atoms with Gasteiger partial charge in [-0.2, -0.15) is 10.1 Å². The molecule has 0 unspecified atom stereocenters. The molecule has 33 heavy (non-hydrogen) atoms. The maximum Gasteiger partial charge on any atom is 0.227 e. The molecule has 0 atom stereocenters. The van der Waals surface area contributed by atoms with Gasteiger partial charge in [-0.25, -0.2) is 14.1 Å². The van der Waals surface area contributed by atoms with Crippen molar-refractivity contribution in [2.24, 2.45) is 0 Å². The SMILES string of the molecule is CC(=O)NC1(c2noc(CCC(=O)Nc3ccc(-n4cncn4)c(F)c3)n2)CCCCCC1. The number of amides is 2. The van der Waals surface area contributed by atoms with Gasteiger partial charge in [-0.3, -0.25) is 9.59 Å². The number of nitrogens with one attached hydrogen (secondary N) is 2. The Hall–Kier alpha value is -3.63. The number of benzene rings is 1. The summed E-state index contributed by atoms with van der Waals surface area (Å²) in [4.78, 5) is 32.5. The summed E-state index contributed by atoms with van der Waals surface area (Å²) in [5, 5.41) is 13.7. The zero-order chi connectivity index (χ0) is 23.3. The number of carbonyl (C=O) groups is 2. The summed E-state index contributed by atoms with van der Waals surface area (Å²) >= 11 is 0. The van der Waals surface area contributed by atoms with Crippen LogP contribution in [0.3, 0.4) is 0 Å². The number of halogens is 1. The van der Waals surface area contributed by atoms with Crippen LogP contribution in [0.1, 0.15) is 63.6 Å². The van der Waals surface area contributed by atoms with Crippen LogP contribution in [0.15, 0.2) is 35.4 Å². The van der Waals surface area contributed by atoms with Crippen molar-refractivity contribution < 1.29 is 18.5 Å². The minimum Gasteiger partial charge on any atom is -0.343 e. The maximum atomic E-state index is 14.3.